The number of non-ortho nitro benzene ring substituents is 1. The lowest BCUT2D eigenvalue weighted by Crippen LogP contribution is -2.19. The molecule has 0 radical (unpaired) electrons. The standard InChI is InChI=1S/C21H12F3N3O4S/c22-21(23,24)13-4-2-5-14(10-13)25-20-26-19(28)18(32-20)11-16-7-8-17(31-16)12-3-1-6-15(9-12)27(29)30/h1-11H,(H,25,26,28). The molecular formula is C21H12F3N3O4S. The number of halogens is 3. The number of carbonyl (C=O) groups excluding carboxylic acids is 1. The number of benzene rings is 2. The third-order valence-electron chi connectivity index (χ3n) is 4.30. The van der Waals surface area contributed by atoms with E-state index < -0.39 is 22.6 Å². The van der Waals surface area contributed by atoms with Crippen LogP contribution in [0.4, 0.5) is 24.5 Å². The molecule has 0 bridgehead atoms. The number of amides is 1. The Morgan fingerprint density at radius 2 is 1.88 bits per heavy atom. The third-order valence-corrected chi connectivity index (χ3v) is 5.21. The van der Waals surface area contributed by atoms with E-state index in [2.05, 4.69) is 10.3 Å². The van der Waals surface area contributed by atoms with Crippen molar-refractivity contribution in [3.8, 4) is 11.3 Å². The summed E-state index contributed by atoms with van der Waals surface area (Å²) < 4.78 is 44.2. The number of hydrogen-bond donors (Lipinski definition) is 1. The normalized spacial score (nSPS) is 16.5. The zero-order valence-electron chi connectivity index (χ0n) is 15.9. The van der Waals surface area contributed by atoms with Gasteiger partial charge in [0.15, 0.2) is 5.17 Å². The van der Waals surface area contributed by atoms with Crippen LogP contribution in [0, 0.1) is 10.1 Å². The molecule has 0 atom stereocenters. The monoisotopic (exact) mass is 459 g/mol. The second kappa shape index (κ2) is 8.35. The van der Waals surface area contributed by atoms with Gasteiger partial charge in [0.2, 0.25) is 0 Å². The van der Waals surface area contributed by atoms with E-state index in [1.54, 1.807) is 18.2 Å². The van der Waals surface area contributed by atoms with E-state index in [4.69, 9.17) is 4.42 Å². The van der Waals surface area contributed by atoms with Crippen molar-refractivity contribution < 1.29 is 27.3 Å². The maximum absolute atomic E-state index is 12.9. The fourth-order valence-electron chi connectivity index (χ4n) is 2.84. The van der Waals surface area contributed by atoms with Gasteiger partial charge >= 0.3 is 6.18 Å². The van der Waals surface area contributed by atoms with Crippen molar-refractivity contribution in [3.05, 3.63) is 87.0 Å². The highest BCUT2D eigenvalue weighted by Crippen LogP contribution is 2.33. The molecule has 7 nitrogen and oxygen atoms in total. The second-order valence-electron chi connectivity index (χ2n) is 6.54. The predicted octanol–water partition coefficient (Wildman–Crippen LogP) is 5.77. The predicted molar refractivity (Wildman–Crippen MR) is 113 cm³/mol. The van der Waals surface area contributed by atoms with Crippen LogP contribution in [0.3, 0.4) is 0 Å². The molecule has 0 unspecified atom stereocenters. The molecule has 0 aliphatic carbocycles. The molecule has 11 heteroatoms. The van der Waals surface area contributed by atoms with Crippen LogP contribution in [0.1, 0.15) is 11.3 Å². The molecule has 4 rings (SSSR count). The maximum Gasteiger partial charge on any atom is 0.416 e. The van der Waals surface area contributed by atoms with Crippen molar-refractivity contribution in [2.75, 3.05) is 0 Å². The minimum Gasteiger partial charge on any atom is -0.457 e. The summed E-state index contributed by atoms with van der Waals surface area (Å²) in [5.74, 6) is 0.223. The summed E-state index contributed by atoms with van der Waals surface area (Å²) in [4.78, 5) is 26.9. The van der Waals surface area contributed by atoms with Gasteiger partial charge in [-0.25, -0.2) is 4.99 Å². The number of thioether (sulfide) groups is 1. The Bertz CT molecular complexity index is 1280. The van der Waals surface area contributed by atoms with E-state index in [9.17, 15) is 28.1 Å². The first kappa shape index (κ1) is 21.4. The Hall–Kier alpha value is -3.86. The summed E-state index contributed by atoms with van der Waals surface area (Å²) in [5.41, 5.74) is -0.373. The molecule has 2 aromatic carbocycles. The number of hydrogen-bond acceptors (Lipinski definition) is 6. The summed E-state index contributed by atoms with van der Waals surface area (Å²) in [7, 11) is 0. The highest BCUT2D eigenvalue weighted by atomic mass is 32.2. The lowest BCUT2D eigenvalue weighted by Gasteiger charge is -2.06. The number of nitrogens with zero attached hydrogens (tertiary/aromatic N) is 2. The van der Waals surface area contributed by atoms with Crippen LogP contribution < -0.4 is 5.32 Å². The Balaban J connectivity index is 1.54. The Morgan fingerprint density at radius 1 is 1.09 bits per heavy atom. The maximum atomic E-state index is 12.9. The Labute approximate surface area is 182 Å². The average Bonchev–Trinajstić information content (AvgIpc) is 3.34. The summed E-state index contributed by atoms with van der Waals surface area (Å²) in [6.07, 6.45) is -3.04. The van der Waals surface area contributed by atoms with Gasteiger partial charge < -0.3 is 9.73 Å². The van der Waals surface area contributed by atoms with E-state index >= 15 is 0 Å². The highest BCUT2D eigenvalue weighted by Gasteiger charge is 2.30. The number of amidine groups is 1. The second-order valence-corrected chi connectivity index (χ2v) is 7.57. The molecule has 2 heterocycles. The first-order valence-corrected chi connectivity index (χ1v) is 9.82. The molecule has 1 N–H and O–H groups in total. The van der Waals surface area contributed by atoms with Gasteiger partial charge in [0.25, 0.3) is 11.6 Å². The van der Waals surface area contributed by atoms with E-state index in [1.807, 2.05) is 0 Å². The van der Waals surface area contributed by atoms with Gasteiger partial charge in [-0.3, -0.25) is 14.9 Å². The van der Waals surface area contributed by atoms with E-state index in [1.165, 1.54) is 36.4 Å². The number of carbonyl (C=O) groups is 1. The SMILES string of the molecule is O=C1NC(=Nc2cccc(C(F)(F)F)c2)SC1=Cc1ccc(-c2cccc([N+](=O)[O-])c2)o1. The zero-order chi connectivity index (χ0) is 22.9. The molecule has 1 fully saturated rings. The Morgan fingerprint density at radius 3 is 2.62 bits per heavy atom. The Kier molecular flexibility index (Phi) is 5.57. The summed E-state index contributed by atoms with van der Waals surface area (Å²) in [6.45, 7) is 0. The van der Waals surface area contributed by atoms with Gasteiger partial charge in [0.05, 0.1) is 21.1 Å². The van der Waals surface area contributed by atoms with E-state index in [0.717, 1.165) is 23.9 Å². The quantitative estimate of drug-likeness (QED) is 0.304. The van der Waals surface area contributed by atoms with Crippen molar-refractivity contribution in [3.63, 3.8) is 0 Å². The lowest BCUT2D eigenvalue weighted by molar-refractivity contribution is -0.384. The molecule has 162 valence electrons. The van der Waals surface area contributed by atoms with Crippen LogP contribution in [-0.2, 0) is 11.0 Å². The summed E-state index contributed by atoms with van der Waals surface area (Å²) in [5, 5.41) is 13.6. The lowest BCUT2D eigenvalue weighted by atomic mass is 10.1. The fourth-order valence-corrected chi connectivity index (χ4v) is 3.66. The number of rotatable bonds is 4. The van der Waals surface area contributed by atoms with Gasteiger partial charge in [-0.15, -0.1) is 0 Å². The van der Waals surface area contributed by atoms with E-state index in [0.29, 0.717) is 17.1 Å². The third kappa shape index (κ3) is 4.72. The molecule has 1 aromatic heterocycles. The molecule has 1 aliphatic heterocycles. The number of nitro groups is 1. The minimum absolute atomic E-state index is 0.0508. The van der Waals surface area contributed by atoms with Crippen LogP contribution in [0.5, 0.6) is 0 Å². The molecule has 0 saturated carbocycles. The first-order valence-electron chi connectivity index (χ1n) is 9.00. The molecule has 1 aliphatic rings. The number of nitrogens with one attached hydrogen (secondary N) is 1. The van der Waals surface area contributed by atoms with Crippen molar-refractivity contribution in [1.82, 2.24) is 5.32 Å². The van der Waals surface area contributed by atoms with E-state index in [-0.39, 0.29) is 21.4 Å². The van der Waals surface area contributed by atoms with Gasteiger partial charge in [-0.2, -0.15) is 13.2 Å². The van der Waals surface area contributed by atoms with Crippen molar-refractivity contribution in [2.45, 2.75) is 6.18 Å². The van der Waals surface area contributed by atoms with Crippen molar-refractivity contribution in [1.29, 1.82) is 0 Å². The van der Waals surface area contributed by atoms with Crippen LogP contribution in [-0.4, -0.2) is 16.0 Å². The van der Waals surface area contributed by atoms with Crippen molar-refractivity contribution in [2.24, 2.45) is 4.99 Å². The smallest absolute Gasteiger partial charge is 0.416 e. The largest absolute Gasteiger partial charge is 0.457 e. The van der Waals surface area contributed by atoms with Crippen molar-refractivity contribution >= 4 is 40.3 Å². The average molecular weight is 459 g/mol. The number of nitro benzene ring substituents is 1. The minimum atomic E-state index is -4.50. The fraction of sp³-hybridized carbons (Fsp3) is 0.0476. The zero-order valence-corrected chi connectivity index (χ0v) is 16.7. The van der Waals surface area contributed by atoms with Gasteiger partial charge in [-0.1, -0.05) is 18.2 Å². The topological polar surface area (TPSA) is 97.7 Å². The van der Waals surface area contributed by atoms with Crippen LogP contribution in [0.15, 0.2) is 75.0 Å². The summed E-state index contributed by atoms with van der Waals surface area (Å²) >= 11 is 0.953. The van der Waals surface area contributed by atoms with Crippen LogP contribution in [0.2, 0.25) is 0 Å². The van der Waals surface area contributed by atoms with Crippen LogP contribution >= 0.6 is 11.8 Å². The van der Waals surface area contributed by atoms with Gasteiger partial charge in [0, 0.05) is 23.8 Å². The summed E-state index contributed by atoms with van der Waals surface area (Å²) in [6, 6.07) is 13.6. The molecule has 3 aromatic rings. The molecular weight excluding hydrogens is 447 g/mol. The van der Waals surface area contributed by atoms with Crippen LogP contribution in [0.25, 0.3) is 17.4 Å². The molecule has 1 amide bonds. The van der Waals surface area contributed by atoms with Gasteiger partial charge in [0.1, 0.15) is 11.5 Å². The number of alkyl halides is 3. The van der Waals surface area contributed by atoms with Gasteiger partial charge in [-0.05, 0) is 42.1 Å². The molecule has 0 spiro atoms. The highest BCUT2D eigenvalue weighted by molar-refractivity contribution is 8.18. The first-order chi connectivity index (χ1) is 15.2. The molecule has 1 saturated heterocycles. The molecule has 32 heavy (non-hydrogen) atoms. The number of furan rings is 1. The number of aliphatic imine (C=N–C) groups is 1.